The highest BCUT2D eigenvalue weighted by Gasteiger charge is 2.21. The summed E-state index contributed by atoms with van der Waals surface area (Å²) in [6.07, 6.45) is 1.28. The lowest BCUT2D eigenvalue weighted by Crippen LogP contribution is -2.16. The first-order valence-electron chi connectivity index (χ1n) is 5.49. The average Bonchev–Trinajstić information content (AvgIpc) is 2.36. The molecule has 0 atom stereocenters. The average molecular weight is 316 g/mol. The number of rotatable bonds is 3. The number of nitrogen functional groups attached to an aromatic ring is 1. The molecule has 5 nitrogen and oxygen atoms in total. The van der Waals surface area contributed by atoms with Gasteiger partial charge in [0.05, 0.1) is 5.02 Å². The predicted octanol–water partition coefficient (Wildman–Crippen LogP) is 2.57. The first kappa shape index (κ1) is 14.5. The van der Waals surface area contributed by atoms with Crippen LogP contribution in [0.3, 0.4) is 0 Å². The van der Waals surface area contributed by atoms with E-state index in [9.17, 15) is 12.8 Å². The summed E-state index contributed by atoms with van der Waals surface area (Å²) < 4.78 is 40.4. The summed E-state index contributed by atoms with van der Waals surface area (Å²) in [4.78, 5) is 3.27. The van der Waals surface area contributed by atoms with Crippen molar-refractivity contribution in [3.05, 3.63) is 46.9 Å². The Bertz CT molecular complexity index is 748. The summed E-state index contributed by atoms with van der Waals surface area (Å²) in [5.41, 5.74) is 5.85. The number of pyridine rings is 1. The van der Waals surface area contributed by atoms with Gasteiger partial charge < -0.3 is 5.73 Å². The van der Waals surface area contributed by atoms with Crippen molar-refractivity contribution in [2.45, 2.75) is 11.8 Å². The fourth-order valence-corrected chi connectivity index (χ4v) is 2.89. The smallest absolute Gasteiger partial charge is 0.266 e. The van der Waals surface area contributed by atoms with Gasteiger partial charge in [-0.05, 0) is 36.8 Å². The van der Waals surface area contributed by atoms with Gasteiger partial charge in [-0.1, -0.05) is 11.6 Å². The van der Waals surface area contributed by atoms with Gasteiger partial charge in [0.2, 0.25) is 0 Å². The number of hydrogen-bond acceptors (Lipinski definition) is 4. The molecule has 106 valence electrons. The number of anilines is 2. The third-order valence-corrected chi connectivity index (χ3v) is 4.08. The van der Waals surface area contributed by atoms with E-state index in [-0.39, 0.29) is 17.1 Å². The van der Waals surface area contributed by atoms with E-state index in [4.69, 9.17) is 17.3 Å². The topological polar surface area (TPSA) is 85.1 Å². The number of sulfonamides is 1. The van der Waals surface area contributed by atoms with Crippen molar-refractivity contribution >= 4 is 33.1 Å². The minimum Gasteiger partial charge on any atom is -0.399 e. The lowest BCUT2D eigenvalue weighted by atomic mass is 10.2. The van der Waals surface area contributed by atoms with Crippen LogP contribution in [0.25, 0.3) is 0 Å². The summed E-state index contributed by atoms with van der Waals surface area (Å²) in [6.45, 7) is 1.44. The quantitative estimate of drug-likeness (QED) is 0.852. The van der Waals surface area contributed by atoms with Crippen molar-refractivity contribution in [3.8, 4) is 0 Å². The van der Waals surface area contributed by atoms with Gasteiger partial charge in [0, 0.05) is 11.9 Å². The number of aromatic nitrogens is 1. The van der Waals surface area contributed by atoms with E-state index >= 15 is 0 Å². The third-order valence-electron chi connectivity index (χ3n) is 2.50. The van der Waals surface area contributed by atoms with Gasteiger partial charge in [0.15, 0.2) is 0 Å². The third kappa shape index (κ3) is 3.00. The molecule has 0 amide bonds. The molecule has 0 saturated heterocycles. The fourth-order valence-electron chi connectivity index (χ4n) is 1.59. The first-order chi connectivity index (χ1) is 9.29. The molecule has 1 heterocycles. The second-order valence-corrected chi connectivity index (χ2v) is 6.20. The number of halogens is 2. The van der Waals surface area contributed by atoms with Crippen LogP contribution in [0.1, 0.15) is 5.56 Å². The van der Waals surface area contributed by atoms with Crippen LogP contribution in [-0.4, -0.2) is 13.4 Å². The van der Waals surface area contributed by atoms with Crippen LogP contribution >= 0.6 is 11.6 Å². The molecule has 0 aliphatic rings. The maximum Gasteiger partial charge on any atom is 0.266 e. The van der Waals surface area contributed by atoms with Gasteiger partial charge >= 0.3 is 0 Å². The van der Waals surface area contributed by atoms with Gasteiger partial charge in [-0.25, -0.2) is 17.8 Å². The number of hydrogen-bond donors (Lipinski definition) is 2. The van der Waals surface area contributed by atoms with Crippen LogP contribution in [0.4, 0.5) is 15.9 Å². The van der Waals surface area contributed by atoms with Crippen molar-refractivity contribution in [2.75, 3.05) is 10.5 Å². The monoisotopic (exact) mass is 315 g/mol. The zero-order valence-corrected chi connectivity index (χ0v) is 12.0. The van der Waals surface area contributed by atoms with E-state index in [2.05, 4.69) is 9.71 Å². The molecule has 2 aromatic rings. The molecule has 0 aliphatic heterocycles. The molecule has 0 radical (unpaired) electrons. The van der Waals surface area contributed by atoms with Gasteiger partial charge in [-0.3, -0.25) is 4.72 Å². The standard InChI is InChI=1S/C12H11ClFN3O2S/c1-7-4-9(15)5-10(12(7)14)20(18,19)17-11-3-2-8(13)6-16-11/h2-6H,15H2,1H3,(H,16,17). The molecule has 0 unspecified atom stereocenters. The zero-order chi connectivity index (χ0) is 14.9. The Morgan fingerprint density at radius 2 is 2.05 bits per heavy atom. The molecule has 1 aromatic heterocycles. The Hall–Kier alpha value is -1.86. The van der Waals surface area contributed by atoms with Crippen molar-refractivity contribution in [2.24, 2.45) is 0 Å². The van der Waals surface area contributed by atoms with Crippen molar-refractivity contribution in [3.63, 3.8) is 0 Å². The van der Waals surface area contributed by atoms with Crippen LogP contribution in [-0.2, 0) is 10.0 Å². The molecule has 2 rings (SSSR count). The van der Waals surface area contributed by atoms with Crippen LogP contribution < -0.4 is 10.5 Å². The fraction of sp³-hybridized carbons (Fsp3) is 0.0833. The Morgan fingerprint density at radius 1 is 1.35 bits per heavy atom. The molecule has 3 N–H and O–H groups in total. The molecule has 20 heavy (non-hydrogen) atoms. The SMILES string of the molecule is Cc1cc(N)cc(S(=O)(=O)Nc2ccc(Cl)cn2)c1F. The van der Waals surface area contributed by atoms with Crippen molar-refractivity contribution < 1.29 is 12.8 Å². The predicted molar refractivity (Wildman–Crippen MR) is 75.6 cm³/mol. The highest BCUT2D eigenvalue weighted by molar-refractivity contribution is 7.92. The highest BCUT2D eigenvalue weighted by Crippen LogP contribution is 2.23. The van der Waals surface area contributed by atoms with Crippen LogP contribution in [0.5, 0.6) is 0 Å². The maximum atomic E-state index is 13.9. The molecule has 0 spiro atoms. The maximum absolute atomic E-state index is 13.9. The summed E-state index contributed by atoms with van der Waals surface area (Å²) in [6, 6.07) is 5.25. The Morgan fingerprint density at radius 3 is 2.65 bits per heavy atom. The molecule has 1 aromatic carbocycles. The summed E-state index contributed by atoms with van der Waals surface area (Å²) in [5, 5.41) is 0.360. The van der Waals surface area contributed by atoms with Crippen molar-refractivity contribution in [1.82, 2.24) is 4.98 Å². The van der Waals surface area contributed by atoms with Crippen molar-refractivity contribution in [1.29, 1.82) is 0 Å². The van der Waals surface area contributed by atoms with E-state index in [0.29, 0.717) is 5.02 Å². The minimum atomic E-state index is -4.11. The van der Waals surface area contributed by atoms with E-state index in [0.717, 1.165) is 6.07 Å². The number of benzene rings is 1. The minimum absolute atomic E-state index is 0.0360. The highest BCUT2D eigenvalue weighted by atomic mass is 35.5. The first-order valence-corrected chi connectivity index (χ1v) is 7.36. The van der Waals surface area contributed by atoms with Gasteiger partial charge in [0.1, 0.15) is 16.5 Å². The van der Waals surface area contributed by atoms with E-state index in [1.54, 1.807) is 0 Å². The molecule has 0 bridgehead atoms. The van der Waals surface area contributed by atoms with Gasteiger partial charge in [-0.15, -0.1) is 0 Å². The normalized spacial score (nSPS) is 11.3. The molecular formula is C12H11ClFN3O2S. The van der Waals surface area contributed by atoms with E-state index in [1.807, 2.05) is 0 Å². The molecule has 0 aliphatic carbocycles. The molecule has 0 fully saturated rings. The Labute approximate surface area is 120 Å². The summed E-state index contributed by atoms with van der Waals surface area (Å²) in [7, 11) is -4.11. The molecule has 0 saturated carbocycles. The number of nitrogens with one attached hydrogen (secondary N) is 1. The largest absolute Gasteiger partial charge is 0.399 e. The second-order valence-electron chi connectivity index (χ2n) is 4.12. The Kier molecular flexibility index (Phi) is 3.82. The van der Waals surface area contributed by atoms with Gasteiger partial charge in [-0.2, -0.15) is 0 Å². The van der Waals surface area contributed by atoms with Crippen LogP contribution in [0.2, 0.25) is 5.02 Å². The lowest BCUT2D eigenvalue weighted by molar-refractivity contribution is 0.565. The molecular weight excluding hydrogens is 305 g/mol. The summed E-state index contributed by atoms with van der Waals surface area (Å²) in [5.74, 6) is -0.811. The summed E-state index contributed by atoms with van der Waals surface area (Å²) >= 11 is 5.65. The number of nitrogens with zero attached hydrogens (tertiary/aromatic N) is 1. The Balaban J connectivity index is 2.43. The zero-order valence-electron chi connectivity index (χ0n) is 10.4. The second kappa shape index (κ2) is 5.26. The van der Waals surface area contributed by atoms with E-state index < -0.39 is 20.7 Å². The van der Waals surface area contributed by atoms with E-state index in [1.165, 1.54) is 31.3 Å². The van der Waals surface area contributed by atoms with Gasteiger partial charge in [0.25, 0.3) is 10.0 Å². The number of nitrogens with two attached hydrogens (primary N) is 1. The number of aryl methyl sites for hydroxylation is 1. The van der Waals surface area contributed by atoms with Crippen LogP contribution in [0, 0.1) is 12.7 Å². The molecule has 8 heteroatoms. The lowest BCUT2D eigenvalue weighted by Gasteiger charge is -2.10. The van der Waals surface area contributed by atoms with Crippen LogP contribution in [0.15, 0.2) is 35.4 Å².